The Labute approximate surface area is 127 Å². The van der Waals surface area contributed by atoms with Gasteiger partial charge in [0, 0.05) is 17.7 Å². The van der Waals surface area contributed by atoms with Crippen LogP contribution in [0.2, 0.25) is 0 Å². The summed E-state index contributed by atoms with van der Waals surface area (Å²) in [6.07, 6.45) is 7.74. The quantitative estimate of drug-likeness (QED) is 0.835. The molecule has 0 spiro atoms. The third-order valence-electron chi connectivity index (χ3n) is 4.43. The van der Waals surface area contributed by atoms with Crippen LogP contribution in [0.5, 0.6) is 0 Å². The number of carbonyl (C=O) groups excluding carboxylic acids is 2. The summed E-state index contributed by atoms with van der Waals surface area (Å²) >= 11 is 0. The molecule has 21 heavy (non-hydrogen) atoms. The molecule has 0 saturated heterocycles. The Kier molecular flexibility index (Phi) is 5.54. The van der Waals surface area contributed by atoms with E-state index in [1.165, 1.54) is 32.1 Å². The molecule has 0 atom stereocenters. The Morgan fingerprint density at radius 1 is 1.19 bits per heavy atom. The lowest BCUT2D eigenvalue weighted by Gasteiger charge is -2.21. The summed E-state index contributed by atoms with van der Waals surface area (Å²) in [5.41, 5.74) is 2.19. The highest BCUT2D eigenvalue weighted by Gasteiger charge is 2.14. The first-order valence-corrected chi connectivity index (χ1v) is 7.97. The second-order valence-electron chi connectivity index (χ2n) is 6.13. The van der Waals surface area contributed by atoms with E-state index in [0.29, 0.717) is 11.1 Å². The summed E-state index contributed by atoms with van der Waals surface area (Å²) in [5, 5.41) is 3.00. The van der Waals surface area contributed by atoms with Crippen LogP contribution in [0, 0.1) is 12.8 Å². The van der Waals surface area contributed by atoms with Crippen molar-refractivity contribution in [3.63, 3.8) is 0 Å². The van der Waals surface area contributed by atoms with Crippen LogP contribution in [0.15, 0.2) is 18.2 Å². The van der Waals surface area contributed by atoms with Crippen molar-refractivity contribution in [3.8, 4) is 0 Å². The van der Waals surface area contributed by atoms with E-state index in [2.05, 4.69) is 5.32 Å². The Bertz CT molecular complexity index is 516. The van der Waals surface area contributed by atoms with Gasteiger partial charge in [-0.1, -0.05) is 38.2 Å². The van der Waals surface area contributed by atoms with Crippen molar-refractivity contribution in [1.82, 2.24) is 5.32 Å². The number of carbonyl (C=O) groups is 2. The van der Waals surface area contributed by atoms with E-state index in [1.54, 1.807) is 25.1 Å². The Balaban J connectivity index is 1.85. The molecule has 3 heteroatoms. The normalized spacial score (nSPS) is 15.7. The van der Waals surface area contributed by atoms with Gasteiger partial charge in [-0.15, -0.1) is 0 Å². The molecule has 0 heterocycles. The molecule has 3 nitrogen and oxygen atoms in total. The molecule has 0 unspecified atom stereocenters. The van der Waals surface area contributed by atoms with Gasteiger partial charge in [0.25, 0.3) is 5.91 Å². The number of aryl methyl sites for hydroxylation is 1. The molecule has 1 N–H and O–H groups in total. The van der Waals surface area contributed by atoms with Crippen molar-refractivity contribution < 1.29 is 9.59 Å². The molecule has 1 saturated carbocycles. The van der Waals surface area contributed by atoms with Crippen LogP contribution in [0.1, 0.15) is 71.7 Å². The average molecular weight is 287 g/mol. The maximum atomic E-state index is 12.1. The summed E-state index contributed by atoms with van der Waals surface area (Å²) < 4.78 is 0. The molecule has 0 bridgehead atoms. The van der Waals surface area contributed by atoms with Crippen molar-refractivity contribution >= 4 is 11.7 Å². The van der Waals surface area contributed by atoms with Gasteiger partial charge in [0.15, 0.2) is 5.78 Å². The molecule has 1 aromatic rings. The van der Waals surface area contributed by atoms with Crippen LogP contribution in [0.25, 0.3) is 0 Å². The summed E-state index contributed by atoms with van der Waals surface area (Å²) in [7, 11) is 0. The molecule has 114 valence electrons. The molecule has 1 aliphatic rings. The minimum Gasteiger partial charge on any atom is -0.352 e. The fourth-order valence-electron chi connectivity index (χ4n) is 3.17. The SMILES string of the molecule is CC(=O)c1ccc(C(=O)NCCC2CCCCC2)cc1C. The standard InChI is InChI=1S/C18H25NO2/c1-13-12-16(8-9-17(13)14(2)20)18(21)19-11-10-15-6-4-3-5-7-15/h8-9,12,15H,3-7,10-11H2,1-2H3,(H,19,21). The van der Waals surface area contributed by atoms with Crippen LogP contribution >= 0.6 is 0 Å². The second kappa shape index (κ2) is 7.39. The first kappa shape index (κ1) is 15.7. The van der Waals surface area contributed by atoms with E-state index in [1.807, 2.05) is 6.92 Å². The predicted molar refractivity (Wildman–Crippen MR) is 84.7 cm³/mol. The van der Waals surface area contributed by atoms with Gasteiger partial charge in [0.1, 0.15) is 0 Å². The molecule has 0 radical (unpaired) electrons. The lowest BCUT2D eigenvalue weighted by Crippen LogP contribution is -2.26. The largest absolute Gasteiger partial charge is 0.352 e. The fourth-order valence-corrected chi connectivity index (χ4v) is 3.17. The van der Waals surface area contributed by atoms with Crippen LogP contribution in [0.4, 0.5) is 0 Å². The van der Waals surface area contributed by atoms with E-state index >= 15 is 0 Å². The van der Waals surface area contributed by atoms with Crippen LogP contribution in [-0.2, 0) is 0 Å². The summed E-state index contributed by atoms with van der Waals surface area (Å²) in [5.74, 6) is 0.779. The highest BCUT2D eigenvalue weighted by atomic mass is 16.1. The maximum absolute atomic E-state index is 12.1. The molecule has 1 aromatic carbocycles. The molecule has 0 aromatic heterocycles. The van der Waals surface area contributed by atoms with Gasteiger partial charge < -0.3 is 5.32 Å². The number of amides is 1. The first-order valence-electron chi connectivity index (χ1n) is 7.97. The van der Waals surface area contributed by atoms with Crippen molar-refractivity contribution in [1.29, 1.82) is 0 Å². The van der Waals surface area contributed by atoms with Gasteiger partial charge in [-0.05, 0) is 43.9 Å². The summed E-state index contributed by atoms with van der Waals surface area (Å²) in [6, 6.07) is 5.28. The Morgan fingerprint density at radius 2 is 1.90 bits per heavy atom. The lowest BCUT2D eigenvalue weighted by molar-refractivity contribution is 0.0948. The van der Waals surface area contributed by atoms with Gasteiger partial charge in [-0.25, -0.2) is 0 Å². The molecular weight excluding hydrogens is 262 g/mol. The molecular formula is C18H25NO2. The van der Waals surface area contributed by atoms with Gasteiger partial charge in [0.05, 0.1) is 0 Å². The molecule has 1 aliphatic carbocycles. The summed E-state index contributed by atoms with van der Waals surface area (Å²) in [4.78, 5) is 23.5. The third-order valence-corrected chi connectivity index (χ3v) is 4.43. The minimum atomic E-state index is -0.0380. The number of ketones is 1. The number of rotatable bonds is 5. The first-order chi connectivity index (χ1) is 10.1. The van der Waals surface area contributed by atoms with Crippen molar-refractivity contribution in [2.45, 2.75) is 52.4 Å². The number of hydrogen-bond donors (Lipinski definition) is 1. The van der Waals surface area contributed by atoms with Gasteiger partial charge in [0.2, 0.25) is 0 Å². The number of benzene rings is 1. The van der Waals surface area contributed by atoms with Crippen LogP contribution < -0.4 is 5.32 Å². The van der Waals surface area contributed by atoms with E-state index in [9.17, 15) is 9.59 Å². The highest BCUT2D eigenvalue weighted by molar-refractivity contribution is 5.98. The predicted octanol–water partition coefficient (Wildman–Crippen LogP) is 3.90. The smallest absolute Gasteiger partial charge is 0.251 e. The molecule has 0 aliphatic heterocycles. The topological polar surface area (TPSA) is 46.2 Å². The van der Waals surface area contributed by atoms with Crippen LogP contribution in [-0.4, -0.2) is 18.2 Å². The van der Waals surface area contributed by atoms with Gasteiger partial charge in [-0.2, -0.15) is 0 Å². The highest BCUT2D eigenvalue weighted by Crippen LogP contribution is 2.25. The van der Waals surface area contributed by atoms with Crippen molar-refractivity contribution in [3.05, 3.63) is 34.9 Å². The minimum absolute atomic E-state index is 0.0380. The molecule has 2 rings (SSSR count). The van der Waals surface area contributed by atoms with Gasteiger partial charge >= 0.3 is 0 Å². The molecule has 1 amide bonds. The lowest BCUT2D eigenvalue weighted by atomic mass is 9.87. The van der Waals surface area contributed by atoms with E-state index in [0.717, 1.165) is 24.4 Å². The third kappa shape index (κ3) is 4.42. The second-order valence-corrected chi connectivity index (χ2v) is 6.13. The number of Topliss-reactive ketones (excluding diaryl/α,β-unsaturated/α-hetero) is 1. The monoisotopic (exact) mass is 287 g/mol. The van der Waals surface area contributed by atoms with Crippen LogP contribution in [0.3, 0.4) is 0 Å². The Hall–Kier alpha value is -1.64. The number of nitrogens with one attached hydrogen (secondary N) is 1. The Morgan fingerprint density at radius 3 is 2.52 bits per heavy atom. The zero-order chi connectivity index (χ0) is 15.2. The fraction of sp³-hybridized carbons (Fsp3) is 0.556. The average Bonchev–Trinajstić information content (AvgIpc) is 2.47. The van der Waals surface area contributed by atoms with Crippen molar-refractivity contribution in [2.24, 2.45) is 5.92 Å². The van der Waals surface area contributed by atoms with Gasteiger partial charge in [-0.3, -0.25) is 9.59 Å². The van der Waals surface area contributed by atoms with Crippen molar-refractivity contribution in [2.75, 3.05) is 6.54 Å². The maximum Gasteiger partial charge on any atom is 0.251 e. The van der Waals surface area contributed by atoms with E-state index in [4.69, 9.17) is 0 Å². The zero-order valence-corrected chi connectivity index (χ0v) is 13.1. The van der Waals surface area contributed by atoms with E-state index < -0.39 is 0 Å². The van der Waals surface area contributed by atoms with E-state index in [-0.39, 0.29) is 11.7 Å². The zero-order valence-electron chi connectivity index (χ0n) is 13.1. The summed E-state index contributed by atoms with van der Waals surface area (Å²) in [6.45, 7) is 4.17. The molecule has 1 fully saturated rings. The number of hydrogen-bond acceptors (Lipinski definition) is 2.